The lowest BCUT2D eigenvalue weighted by molar-refractivity contribution is -0.140. The third-order valence-corrected chi connectivity index (χ3v) is 9.96. The number of nitrogens with one attached hydrogen (secondary N) is 1. The quantitative estimate of drug-likeness (QED) is 0.649. The van der Waals surface area contributed by atoms with Crippen molar-refractivity contribution in [1.29, 1.82) is 0 Å². The van der Waals surface area contributed by atoms with Crippen LogP contribution in [-0.2, 0) is 4.79 Å². The Balaban J connectivity index is 1.13. The van der Waals surface area contributed by atoms with Gasteiger partial charge in [-0.1, -0.05) is 12.1 Å². The summed E-state index contributed by atoms with van der Waals surface area (Å²) in [7, 11) is 0. The Morgan fingerprint density at radius 3 is 1.73 bits per heavy atom. The second kappa shape index (κ2) is 6.26. The van der Waals surface area contributed by atoms with Crippen molar-refractivity contribution in [3.8, 4) is 5.75 Å². The van der Waals surface area contributed by atoms with Crippen molar-refractivity contribution in [1.82, 2.24) is 0 Å². The summed E-state index contributed by atoms with van der Waals surface area (Å²) in [5, 5.41) is 3.39. The van der Waals surface area contributed by atoms with Crippen LogP contribution >= 0.6 is 0 Å². The summed E-state index contributed by atoms with van der Waals surface area (Å²) in [6.45, 7) is 0. The molecule has 3 heteroatoms. The van der Waals surface area contributed by atoms with Gasteiger partial charge in [0.15, 0.2) is 0 Å². The van der Waals surface area contributed by atoms with Crippen LogP contribution in [0.2, 0.25) is 0 Å². The fourth-order valence-corrected chi connectivity index (χ4v) is 9.69. The molecule has 30 heavy (non-hydrogen) atoms. The molecule has 0 aliphatic heterocycles. The topological polar surface area (TPSA) is 38.3 Å². The maximum atomic E-state index is 13.6. The number of rotatable bonds is 4. The molecule has 0 unspecified atom stereocenters. The third kappa shape index (κ3) is 2.79. The van der Waals surface area contributed by atoms with Crippen LogP contribution in [0.3, 0.4) is 0 Å². The van der Waals surface area contributed by atoms with Gasteiger partial charge >= 0.3 is 0 Å². The molecule has 8 aliphatic carbocycles. The lowest BCUT2D eigenvalue weighted by Gasteiger charge is -2.56. The van der Waals surface area contributed by atoms with Gasteiger partial charge in [-0.2, -0.15) is 0 Å². The fourth-order valence-electron chi connectivity index (χ4n) is 9.69. The molecule has 0 saturated heterocycles. The van der Waals surface area contributed by atoms with E-state index in [9.17, 15) is 4.79 Å². The van der Waals surface area contributed by atoms with E-state index < -0.39 is 0 Å². The van der Waals surface area contributed by atoms with E-state index in [2.05, 4.69) is 23.5 Å². The van der Waals surface area contributed by atoms with Crippen LogP contribution in [0.5, 0.6) is 5.75 Å². The molecule has 8 bridgehead atoms. The second-order valence-electron chi connectivity index (χ2n) is 12.4. The molecule has 0 heterocycles. The predicted molar refractivity (Wildman–Crippen MR) is 117 cm³/mol. The zero-order valence-corrected chi connectivity index (χ0v) is 18.1. The summed E-state index contributed by atoms with van der Waals surface area (Å²) >= 11 is 0. The van der Waals surface area contributed by atoms with E-state index in [1.165, 1.54) is 57.8 Å². The van der Waals surface area contributed by atoms with Gasteiger partial charge in [0.25, 0.3) is 0 Å². The maximum Gasteiger partial charge on any atom is 0.230 e. The Morgan fingerprint density at radius 1 is 0.733 bits per heavy atom. The van der Waals surface area contributed by atoms with E-state index in [0.717, 1.165) is 66.2 Å². The van der Waals surface area contributed by atoms with E-state index in [1.54, 1.807) is 0 Å². The molecule has 1 amide bonds. The molecule has 1 aromatic rings. The average Bonchev–Trinajstić information content (AvgIpc) is 2.67. The van der Waals surface area contributed by atoms with Crippen LogP contribution in [0, 0.1) is 40.9 Å². The first kappa shape index (κ1) is 18.1. The minimum Gasteiger partial charge on any atom is -0.485 e. The molecular weight excluding hydrogens is 370 g/mol. The predicted octanol–water partition coefficient (Wildman–Crippen LogP) is 6.19. The van der Waals surface area contributed by atoms with Crippen LogP contribution in [0.25, 0.3) is 0 Å². The van der Waals surface area contributed by atoms with Gasteiger partial charge in [-0.25, -0.2) is 0 Å². The van der Waals surface area contributed by atoms with E-state index in [0.29, 0.717) is 0 Å². The van der Waals surface area contributed by atoms with Gasteiger partial charge in [0.1, 0.15) is 11.4 Å². The Kier molecular flexibility index (Phi) is 3.78. The monoisotopic (exact) mass is 405 g/mol. The average molecular weight is 406 g/mol. The zero-order valence-electron chi connectivity index (χ0n) is 18.1. The third-order valence-electron chi connectivity index (χ3n) is 9.96. The van der Waals surface area contributed by atoms with Crippen molar-refractivity contribution in [3.63, 3.8) is 0 Å². The number of para-hydroxylation sites is 2. The van der Waals surface area contributed by atoms with Crippen molar-refractivity contribution in [2.75, 3.05) is 5.32 Å². The van der Waals surface area contributed by atoms with Gasteiger partial charge in [-0.05, 0) is 125 Å². The van der Waals surface area contributed by atoms with E-state index in [1.807, 2.05) is 6.07 Å². The molecule has 8 fully saturated rings. The van der Waals surface area contributed by atoms with Gasteiger partial charge in [0.05, 0.1) is 11.1 Å². The fraction of sp³-hybridized carbons (Fsp3) is 0.741. The first-order chi connectivity index (χ1) is 14.6. The smallest absolute Gasteiger partial charge is 0.230 e. The lowest BCUT2D eigenvalue weighted by Crippen LogP contribution is -2.54. The van der Waals surface area contributed by atoms with Crippen molar-refractivity contribution < 1.29 is 9.53 Å². The number of carbonyl (C=O) groups excluding carboxylic acids is 1. The summed E-state index contributed by atoms with van der Waals surface area (Å²) in [5.41, 5.74) is 0.827. The largest absolute Gasteiger partial charge is 0.485 e. The molecule has 9 rings (SSSR count). The number of hydrogen-bond acceptors (Lipinski definition) is 2. The van der Waals surface area contributed by atoms with Gasteiger partial charge in [-0.3, -0.25) is 4.79 Å². The lowest BCUT2D eigenvalue weighted by atomic mass is 9.49. The number of benzene rings is 1. The van der Waals surface area contributed by atoms with E-state index in [4.69, 9.17) is 4.74 Å². The molecule has 1 aromatic carbocycles. The minimum absolute atomic E-state index is 0.0241. The van der Waals surface area contributed by atoms with Crippen molar-refractivity contribution in [2.24, 2.45) is 40.9 Å². The Labute approximate surface area is 180 Å². The summed E-state index contributed by atoms with van der Waals surface area (Å²) in [6, 6.07) is 8.26. The normalized spacial score (nSPS) is 47.5. The molecule has 0 atom stereocenters. The van der Waals surface area contributed by atoms with Crippen LogP contribution in [-0.4, -0.2) is 11.5 Å². The molecule has 0 spiro atoms. The summed E-state index contributed by atoms with van der Waals surface area (Å²) in [6.07, 6.45) is 15.4. The Morgan fingerprint density at radius 2 is 1.20 bits per heavy atom. The first-order valence-corrected chi connectivity index (χ1v) is 12.7. The summed E-state index contributed by atoms with van der Waals surface area (Å²) in [5.74, 6) is 6.17. The van der Waals surface area contributed by atoms with Crippen LogP contribution in [0.15, 0.2) is 24.3 Å². The van der Waals surface area contributed by atoms with Crippen LogP contribution in [0.4, 0.5) is 5.69 Å². The molecule has 0 aromatic heterocycles. The van der Waals surface area contributed by atoms with Gasteiger partial charge < -0.3 is 10.1 Å². The van der Waals surface area contributed by atoms with Crippen LogP contribution in [0.1, 0.15) is 77.0 Å². The van der Waals surface area contributed by atoms with Crippen molar-refractivity contribution in [2.45, 2.75) is 82.7 Å². The van der Waals surface area contributed by atoms with Gasteiger partial charge in [-0.15, -0.1) is 0 Å². The number of ether oxygens (including phenoxy) is 1. The molecule has 3 nitrogen and oxygen atoms in total. The van der Waals surface area contributed by atoms with Gasteiger partial charge in [0.2, 0.25) is 5.91 Å². The van der Waals surface area contributed by atoms with E-state index in [-0.39, 0.29) is 16.9 Å². The number of amides is 1. The minimum atomic E-state index is -0.109. The van der Waals surface area contributed by atoms with Crippen molar-refractivity contribution >= 4 is 11.6 Å². The highest BCUT2D eigenvalue weighted by Gasteiger charge is 2.55. The highest BCUT2D eigenvalue weighted by Crippen LogP contribution is 2.61. The highest BCUT2D eigenvalue weighted by molar-refractivity contribution is 5.96. The molecule has 160 valence electrons. The summed E-state index contributed by atoms with van der Waals surface area (Å²) < 4.78 is 6.85. The second-order valence-corrected chi connectivity index (χ2v) is 12.4. The molecule has 1 N–H and O–H groups in total. The van der Waals surface area contributed by atoms with Crippen molar-refractivity contribution in [3.05, 3.63) is 24.3 Å². The van der Waals surface area contributed by atoms with Gasteiger partial charge in [0, 0.05) is 0 Å². The molecule has 0 radical (unpaired) electrons. The van der Waals surface area contributed by atoms with E-state index >= 15 is 0 Å². The standard InChI is InChI=1S/C27H35NO2/c29-25(26-11-17-5-18(12-26)7-19(6-17)13-26)28-23-3-1-2-4-24(23)30-27-14-20-8-21(15-27)10-22(9-20)16-27/h1-4,17-22H,5-16H2,(H,28,29). The Hall–Kier alpha value is -1.51. The maximum absolute atomic E-state index is 13.6. The number of carbonyl (C=O) groups is 1. The number of anilines is 1. The molecular formula is C27H35NO2. The zero-order chi connectivity index (χ0) is 19.9. The summed E-state index contributed by atoms with van der Waals surface area (Å²) in [4.78, 5) is 13.6. The number of hydrogen-bond donors (Lipinski definition) is 1. The highest BCUT2D eigenvalue weighted by atomic mass is 16.5. The molecule has 8 aliphatic rings. The SMILES string of the molecule is O=C(Nc1ccccc1OC12CC3CC(CC(C3)C1)C2)C12CC3CC(CC(C3)C1)C2. The Bertz CT molecular complexity index is 803. The van der Waals surface area contributed by atoms with Crippen LogP contribution < -0.4 is 10.1 Å². The first-order valence-electron chi connectivity index (χ1n) is 12.7. The molecule has 8 saturated carbocycles.